The number of amides is 2. The predicted molar refractivity (Wildman–Crippen MR) is 100 cm³/mol. The average molecular weight is 354 g/mol. The lowest BCUT2D eigenvalue weighted by atomic mass is 10.1. The molecule has 3 rings (SSSR count). The normalized spacial score (nSPS) is 16.9. The Morgan fingerprint density at radius 1 is 1.31 bits per heavy atom. The van der Waals surface area contributed by atoms with E-state index >= 15 is 0 Å². The molecule has 2 amide bonds. The van der Waals surface area contributed by atoms with Crippen LogP contribution in [0.25, 0.3) is 0 Å². The fourth-order valence-corrected chi connectivity index (χ4v) is 3.13. The summed E-state index contributed by atoms with van der Waals surface area (Å²) >= 11 is 0. The second-order valence-electron chi connectivity index (χ2n) is 7.12. The molecule has 1 atom stereocenters. The number of rotatable bonds is 5. The maximum Gasteiger partial charge on any atom is 0.274 e. The van der Waals surface area contributed by atoms with Crippen LogP contribution in [0.5, 0.6) is 0 Å². The Balaban J connectivity index is 1.57. The molecule has 0 saturated carbocycles. The molecule has 0 bridgehead atoms. The lowest BCUT2D eigenvalue weighted by Gasteiger charge is -2.16. The summed E-state index contributed by atoms with van der Waals surface area (Å²) in [5.41, 5.74) is 3.25. The van der Waals surface area contributed by atoms with E-state index in [1.807, 2.05) is 30.3 Å². The van der Waals surface area contributed by atoms with E-state index in [1.54, 1.807) is 4.90 Å². The van der Waals surface area contributed by atoms with Crippen LogP contribution in [0.4, 0.5) is 0 Å². The van der Waals surface area contributed by atoms with Crippen molar-refractivity contribution in [2.45, 2.75) is 45.6 Å². The summed E-state index contributed by atoms with van der Waals surface area (Å²) in [7, 11) is 0. The van der Waals surface area contributed by atoms with Crippen LogP contribution in [0.15, 0.2) is 30.3 Å². The molecule has 6 nitrogen and oxygen atoms in total. The van der Waals surface area contributed by atoms with Crippen molar-refractivity contribution >= 4 is 11.8 Å². The number of benzene rings is 1. The number of nitrogens with zero attached hydrogens (tertiary/aromatic N) is 2. The third-order valence-electron chi connectivity index (χ3n) is 4.87. The first-order chi connectivity index (χ1) is 12.5. The van der Waals surface area contributed by atoms with Gasteiger partial charge in [-0.2, -0.15) is 5.10 Å². The first kappa shape index (κ1) is 18.2. The average Bonchev–Trinajstić information content (AvgIpc) is 3.31. The van der Waals surface area contributed by atoms with Gasteiger partial charge in [-0.3, -0.25) is 14.7 Å². The number of nitrogens with one attached hydrogen (secondary N) is 2. The van der Waals surface area contributed by atoms with Crippen LogP contribution in [-0.2, 0) is 6.42 Å². The number of carbonyl (C=O) groups is 2. The van der Waals surface area contributed by atoms with Crippen LogP contribution >= 0.6 is 0 Å². The van der Waals surface area contributed by atoms with Crippen molar-refractivity contribution in [3.05, 3.63) is 52.8 Å². The van der Waals surface area contributed by atoms with Gasteiger partial charge < -0.3 is 10.2 Å². The Labute approximate surface area is 154 Å². The number of aromatic amines is 1. The molecule has 1 unspecified atom stereocenters. The highest BCUT2D eigenvalue weighted by molar-refractivity contribution is 5.95. The van der Waals surface area contributed by atoms with Gasteiger partial charge in [0.15, 0.2) is 0 Å². The molecule has 1 aromatic heterocycles. The summed E-state index contributed by atoms with van der Waals surface area (Å²) in [6, 6.07) is 9.44. The van der Waals surface area contributed by atoms with Gasteiger partial charge in [-0.05, 0) is 42.5 Å². The van der Waals surface area contributed by atoms with E-state index in [9.17, 15) is 9.59 Å². The maximum absolute atomic E-state index is 12.6. The Morgan fingerprint density at radius 2 is 2.04 bits per heavy atom. The van der Waals surface area contributed by atoms with E-state index in [0.717, 1.165) is 18.5 Å². The highest BCUT2D eigenvalue weighted by Gasteiger charge is 2.29. The quantitative estimate of drug-likeness (QED) is 0.867. The Bertz CT molecular complexity index is 779. The van der Waals surface area contributed by atoms with E-state index in [4.69, 9.17) is 0 Å². The van der Waals surface area contributed by atoms with Crippen molar-refractivity contribution in [2.75, 3.05) is 13.1 Å². The summed E-state index contributed by atoms with van der Waals surface area (Å²) in [6.07, 6.45) is 1.71. The SMILES string of the molecule is CCc1ccc(C(=O)NC2CCN(C(=O)c3cc(C(C)C)[nH]n3)C2)cc1. The van der Waals surface area contributed by atoms with Crippen molar-refractivity contribution in [1.82, 2.24) is 20.4 Å². The molecule has 138 valence electrons. The van der Waals surface area contributed by atoms with Crippen molar-refractivity contribution in [3.63, 3.8) is 0 Å². The number of likely N-dealkylation sites (tertiary alicyclic amines) is 1. The molecule has 2 aromatic rings. The highest BCUT2D eigenvalue weighted by Crippen LogP contribution is 2.17. The Hall–Kier alpha value is -2.63. The number of aryl methyl sites for hydroxylation is 1. The molecular formula is C20H26N4O2. The topological polar surface area (TPSA) is 78.1 Å². The molecule has 2 N–H and O–H groups in total. The van der Waals surface area contributed by atoms with Gasteiger partial charge in [-0.25, -0.2) is 0 Å². The number of aromatic nitrogens is 2. The molecule has 1 aliphatic rings. The zero-order valence-electron chi connectivity index (χ0n) is 15.6. The van der Waals surface area contributed by atoms with Gasteiger partial charge in [0.2, 0.25) is 0 Å². The Kier molecular flexibility index (Phi) is 5.40. The fourth-order valence-electron chi connectivity index (χ4n) is 3.13. The minimum atomic E-state index is -0.0891. The number of H-pyrrole nitrogens is 1. The molecule has 2 heterocycles. The summed E-state index contributed by atoms with van der Waals surface area (Å²) in [5.74, 6) is 0.125. The number of carbonyl (C=O) groups excluding carboxylic acids is 2. The monoisotopic (exact) mass is 354 g/mol. The van der Waals surface area contributed by atoms with Gasteiger partial charge >= 0.3 is 0 Å². The van der Waals surface area contributed by atoms with Gasteiger partial charge in [0, 0.05) is 30.4 Å². The van der Waals surface area contributed by atoms with Crippen molar-refractivity contribution in [1.29, 1.82) is 0 Å². The standard InChI is InChI=1S/C20H26N4O2/c1-4-14-5-7-15(8-6-14)19(25)21-16-9-10-24(12-16)20(26)18-11-17(13(2)3)22-23-18/h5-8,11,13,16H,4,9-10,12H2,1-3H3,(H,21,25)(H,22,23). The van der Waals surface area contributed by atoms with Crippen molar-refractivity contribution < 1.29 is 9.59 Å². The first-order valence-corrected chi connectivity index (χ1v) is 9.22. The van der Waals surface area contributed by atoms with Crippen molar-refractivity contribution in [2.24, 2.45) is 0 Å². The van der Waals surface area contributed by atoms with Crippen molar-refractivity contribution in [3.8, 4) is 0 Å². The van der Waals surface area contributed by atoms with E-state index in [1.165, 1.54) is 5.56 Å². The lowest BCUT2D eigenvalue weighted by Crippen LogP contribution is -2.38. The van der Waals surface area contributed by atoms with E-state index in [2.05, 4.69) is 36.3 Å². The molecule has 6 heteroatoms. The third kappa shape index (κ3) is 3.95. The smallest absolute Gasteiger partial charge is 0.274 e. The highest BCUT2D eigenvalue weighted by atomic mass is 16.2. The zero-order chi connectivity index (χ0) is 18.7. The van der Waals surface area contributed by atoms with Gasteiger partial charge in [-0.15, -0.1) is 0 Å². The summed E-state index contributed by atoms with van der Waals surface area (Å²) in [6.45, 7) is 7.33. The number of hydrogen-bond donors (Lipinski definition) is 2. The van der Waals surface area contributed by atoms with Gasteiger partial charge in [0.25, 0.3) is 11.8 Å². The second-order valence-corrected chi connectivity index (χ2v) is 7.12. The van der Waals surface area contributed by atoms with Gasteiger partial charge in [-0.1, -0.05) is 32.9 Å². The summed E-state index contributed by atoms with van der Waals surface area (Å²) < 4.78 is 0. The molecule has 1 fully saturated rings. The van der Waals surface area contributed by atoms with Crippen LogP contribution in [-0.4, -0.2) is 46.0 Å². The minimum absolute atomic E-state index is 0.0270. The first-order valence-electron chi connectivity index (χ1n) is 9.22. The van der Waals surface area contributed by atoms with E-state index in [-0.39, 0.29) is 17.9 Å². The van der Waals surface area contributed by atoms with E-state index < -0.39 is 0 Å². The van der Waals surface area contributed by atoms with Crippen LogP contribution < -0.4 is 5.32 Å². The van der Waals surface area contributed by atoms with Gasteiger partial charge in [0.05, 0.1) is 0 Å². The molecule has 26 heavy (non-hydrogen) atoms. The minimum Gasteiger partial charge on any atom is -0.347 e. The molecule has 0 spiro atoms. The molecule has 1 aromatic carbocycles. The van der Waals surface area contributed by atoms with Crippen LogP contribution in [0, 0.1) is 0 Å². The van der Waals surface area contributed by atoms with Gasteiger partial charge in [0.1, 0.15) is 5.69 Å². The summed E-state index contributed by atoms with van der Waals surface area (Å²) in [4.78, 5) is 26.7. The fraction of sp³-hybridized carbons (Fsp3) is 0.450. The molecule has 1 saturated heterocycles. The molecular weight excluding hydrogens is 328 g/mol. The zero-order valence-corrected chi connectivity index (χ0v) is 15.6. The molecule has 0 radical (unpaired) electrons. The molecule has 0 aliphatic carbocycles. The second kappa shape index (κ2) is 7.72. The van der Waals surface area contributed by atoms with Crippen LogP contribution in [0.2, 0.25) is 0 Å². The Morgan fingerprint density at radius 3 is 2.65 bits per heavy atom. The van der Waals surface area contributed by atoms with E-state index in [0.29, 0.717) is 30.3 Å². The number of hydrogen-bond acceptors (Lipinski definition) is 3. The van der Waals surface area contributed by atoms with Crippen LogP contribution in [0.1, 0.15) is 65.2 Å². The molecule has 1 aliphatic heterocycles. The maximum atomic E-state index is 12.6. The largest absolute Gasteiger partial charge is 0.347 e. The third-order valence-corrected chi connectivity index (χ3v) is 4.87. The predicted octanol–water partition coefficient (Wildman–Crippen LogP) is 2.74. The lowest BCUT2D eigenvalue weighted by molar-refractivity contribution is 0.0777. The van der Waals surface area contributed by atoms with Crippen LogP contribution in [0.3, 0.4) is 0 Å². The summed E-state index contributed by atoms with van der Waals surface area (Å²) in [5, 5.41) is 10.1.